The Morgan fingerprint density at radius 2 is 2.00 bits per heavy atom. The molecule has 2 aromatic carbocycles. The molecular formula is C17H15ClN2O2. The number of amides is 1. The fraction of sp³-hybridized carbons (Fsp3) is 0.176. The van der Waals surface area contributed by atoms with E-state index in [2.05, 4.69) is 16.6 Å². The van der Waals surface area contributed by atoms with Gasteiger partial charge in [0.25, 0.3) is 5.91 Å². The first-order valence-corrected chi connectivity index (χ1v) is 7.46. The van der Waals surface area contributed by atoms with Crippen molar-refractivity contribution >= 4 is 23.2 Å². The van der Waals surface area contributed by atoms with Crippen molar-refractivity contribution in [2.45, 2.75) is 19.3 Å². The number of phenolic OH excluding ortho intramolecular Hbond substituents is 1. The molecular weight excluding hydrogens is 300 g/mol. The van der Waals surface area contributed by atoms with Crippen molar-refractivity contribution in [1.82, 2.24) is 5.43 Å². The number of aromatic hydroxyl groups is 1. The van der Waals surface area contributed by atoms with Crippen molar-refractivity contribution in [2.75, 3.05) is 0 Å². The van der Waals surface area contributed by atoms with Crippen LogP contribution in [0.4, 0.5) is 0 Å². The summed E-state index contributed by atoms with van der Waals surface area (Å²) < 4.78 is 0. The molecule has 3 rings (SSSR count). The zero-order valence-electron chi connectivity index (χ0n) is 11.8. The molecule has 1 amide bonds. The molecule has 0 atom stereocenters. The Kier molecular flexibility index (Phi) is 4.11. The van der Waals surface area contributed by atoms with Gasteiger partial charge in [0.05, 0.1) is 11.3 Å². The molecule has 4 nitrogen and oxygen atoms in total. The van der Waals surface area contributed by atoms with Crippen LogP contribution in [0, 0.1) is 0 Å². The maximum absolute atomic E-state index is 12.1. The Morgan fingerprint density at radius 3 is 2.86 bits per heavy atom. The van der Waals surface area contributed by atoms with Crippen molar-refractivity contribution in [3.63, 3.8) is 0 Å². The highest BCUT2D eigenvalue weighted by Gasteiger charge is 2.16. The van der Waals surface area contributed by atoms with Crippen LogP contribution in [0.2, 0.25) is 5.02 Å². The summed E-state index contributed by atoms with van der Waals surface area (Å²) >= 11 is 5.85. The molecule has 0 unspecified atom stereocenters. The Balaban J connectivity index is 1.83. The van der Waals surface area contributed by atoms with E-state index >= 15 is 0 Å². The van der Waals surface area contributed by atoms with Gasteiger partial charge in [-0.3, -0.25) is 4.79 Å². The predicted molar refractivity (Wildman–Crippen MR) is 86.5 cm³/mol. The lowest BCUT2D eigenvalue weighted by molar-refractivity contribution is 0.0952. The Morgan fingerprint density at radius 1 is 1.18 bits per heavy atom. The molecule has 0 aliphatic heterocycles. The van der Waals surface area contributed by atoms with Gasteiger partial charge in [0.15, 0.2) is 0 Å². The lowest BCUT2D eigenvalue weighted by Crippen LogP contribution is -2.22. The zero-order chi connectivity index (χ0) is 15.5. The minimum absolute atomic E-state index is 0.112. The lowest BCUT2D eigenvalue weighted by Gasteiger charge is -2.17. The molecule has 0 radical (unpaired) electrons. The SMILES string of the molecule is O=C(N/N=C1\CCCc2ccccc21)c1cc(Cl)ccc1O. The normalized spacial score (nSPS) is 15.4. The van der Waals surface area contributed by atoms with Gasteiger partial charge in [-0.05, 0) is 43.0 Å². The molecule has 22 heavy (non-hydrogen) atoms. The van der Waals surface area contributed by atoms with Crippen LogP contribution >= 0.6 is 11.6 Å². The van der Waals surface area contributed by atoms with E-state index in [1.165, 1.54) is 23.8 Å². The summed E-state index contributed by atoms with van der Waals surface area (Å²) in [6.45, 7) is 0. The molecule has 112 valence electrons. The second kappa shape index (κ2) is 6.20. The van der Waals surface area contributed by atoms with Gasteiger partial charge in [-0.2, -0.15) is 5.10 Å². The first kappa shape index (κ1) is 14.6. The van der Waals surface area contributed by atoms with E-state index < -0.39 is 5.91 Å². The summed E-state index contributed by atoms with van der Waals surface area (Å²) in [5, 5.41) is 14.4. The van der Waals surface area contributed by atoms with Gasteiger partial charge in [-0.1, -0.05) is 35.9 Å². The van der Waals surface area contributed by atoms with Crippen LogP contribution in [0.15, 0.2) is 47.6 Å². The van der Waals surface area contributed by atoms with Crippen molar-refractivity contribution in [2.24, 2.45) is 5.10 Å². The summed E-state index contributed by atoms with van der Waals surface area (Å²) in [5.41, 5.74) is 5.79. The second-order valence-electron chi connectivity index (χ2n) is 5.17. The van der Waals surface area contributed by atoms with Crippen molar-refractivity contribution in [3.8, 4) is 5.75 Å². The van der Waals surface area contributed by atoms with Gasteiger partial charge in [-0.15, -0.1) is 0 Å². The number of hydrogen-bond acceptors (Lipinski definition) is 3. The third kappa shape index (κ3) is 2.97. The number of rotatable bonds is 2. The number of fused-ring (bicyclic) bond motifs is 1. The number of phenols is 1. The van der Waals surface area contributed by atoms with Crippen molar-refractivity contribution in [3.05, 3.63) is 64.2 Å². The van der Waals surface area contributed by atoms with Crippen LogP contribution < -0.4 is 5.43 Å². The molecule has 1 aliphatic carbocycles. The topological polar surface area (TPSA) is 61.7 Å². The number of benzene rings is 2. The first-order chi connectivity index (χ1) is 10.6. The van der Waals surface area contributed by atoms with E-state index in [0.717, 1.165) is 30.5 Å². The predicted octanol–water partition coefficient (Wildman–Crippen LogP) is 3.52. The van der Waals surface area contributed by atoms with E-state index in [9.17, 15) is 9.90 Å². The van der Waals surface area contributed by atoms with Crippen LogP contribution in [0.5, 0.6) is 5.75 Å². The quantitative estimate of drug-likeness (QED) is 0.833. The Bertz CT molecular complexity index is 756. The molecule has 0 aromatic heterocycles. The third-order valence-electron chi connectivity index (χ3n) is 3.68. The van der Waals surface area contributed by atoms with E-state index in [0.29, 0.717) is 5.02 Å². The van der Waals surface area contributed by atoms with E-state index in [4.69, 9.17) is 11.6 Å². The summed E-state index contributed by atoms with van der Waals surface area (Å²) in [5.74, 6) is -0.596. The standard InChI is InChI=1S/C17H15ClN2O2/c18-12-8-9-16(21)14(10-12)17(22)20-19-15-7-3-5-11-4-1-2-6-13(11)15/h1-2,4,6,8-10,21H,3,5,7H2,(H,20,22)/b19-15+. The number of hydrogen-bond donors (Lipinski definition) is 2. The first-order valence-electron chi connectivity index (χ1n) is 7.09. The van der Waals surface area contributed by atoms with Crippen molar-refractivity contribution < 1.29 is 9.90 Å². The number of halogens is 1. The number of carbonyl (C=O) groups is 1. The molecule has 0 fully saturated rings. The Hall–Kier alpha value is -2.33. The molecule has 1 aliphatic rings. The van der Waals surface area contributed by atoms with Gasteiger partial charge in [0.2, 0.25) is 0 Å². The highest BCUT2D eigenvalue weighted by atomic mass is 35.5. The molecule has 0 saturated heterocycles. The molecule has 2 aromatic rings. The second-order valence-corrected chi connectivity index (χ2v) is 5.61. The monoisotopic (exact) mass is 314 g/mol. The average Bonchev–Trinajstić information content (AvgIpc) is 2.54. The van der Waals surface area contributed by atoms with Crippen LogP contribution in [0.1, 0.15) is 34.3 Å². The summed E-state index contributed by atoms with van der Waals surface area (Å²) in [6, 6.07) is 12.4. The molecule has 0 spiro atoms. The summed E-state index contributed by atoms with van der Waals surface area (Å²) in [4.78, 5) is 12.1. The van der Waals surface area contributed by atoms with Crippen LogP contribution in [-0.2, 0) is 6.42 Å². The van der Waals surface area contributed by atoms with Gasteiger partial charge in [-0.25, -0.2) is 5.43 Å². The van der Waals surface area contributed by atoms with Crippen LogP contribution in [-0.4, -0.2) is 16.7 Å². The third-order valence-corrected chi connectivity index (χ3v) is 3.92. The summed E-state index contributed by atoms with van der Waals surface area (Å²) in [7, 11) is 0. The zero-order valence-corrected chi connectivity index (χ0v) is 12.6. The van der Waals surface area contributed by atoms with Crippen LogP contribution in [0.25, 0.3) is 0 Å². The Labute approximate surface area is 133 Å². The van der Waals surface area contributed by atoms with E-state index in [-0.39, 0.29) is 11.3 Å². The number of hydrazone groups is 1. The van der Waals surface area contributed by atoms with Gasteiger partial charge >= 0.3 is 0 Å². The highest BCUT2D eigenvalue weighted by molar-refractivity contribution is 6.31. The fourth-order valence-corrected chi connectivity index (χ4v) is 2.76. The highest BCUT2D eigenvalue weighted by Crippen LogP contribution is 2.23. The number of nitrogens with zero attached hydrogens (tertiary/aromatic N) is 1. The fourth-order valence-electron chi connectivity index (χ4n) is 2.59. The van der Waals surface area contributed by atoms with E-state index in [1.54, 1.807) is 0 Å². The van der Waals surface area contributed by atoms with Gasteiger partial charge < -0.3 is 5.11 Å². The minimum atomic E-state index is -0.476. The van der Waals surface area contributed by atoms with Crippen LogP contribution in [0.3, 0.4) is 0 Å². The van der Waals surface area contributed by atoms with Gasteiger partial charge in [0.1, 0.15) is 5.75 Å². The number of aryl methyl sites for hydroxylation is 1. The maximum Gasteiger partial charge on any atom is 0.275 e. The number of nitrogens with one attached hydrogen (secondary N) is 1. The van der Waals surface area contributed by atoms with Crippen molar-refractivity contribution in [1.29, 1.82) is 0 Å². The van der Waals surface area contributed by atoms with Gasteiger partial charge in [0, 0.05) is 10.6 Å². The van der Waals surface area contributed by atoms with E-state index in [1.807, 2.05) is 18.2 Å². The maximum atomic E-state index is 12.1. The number of carbonyl (C=O) groups excluding carboxylic acids is 1. The molecule has 0 saturated carbocycles. The molecule has 0 heterocycles. The summed E-state index contributed by atoms with van der Waals surface area (Å²) in [6.07, 6.45) is 2.85. The lowest BCUT2D eigenvalue weighted by atomic mass is 9.90. The minimum Gasteiger partial charge on any atom is -0.507 e. The molecule has 0 bridgehead atoms. The molecule has 2 N–H and O–H groups in total. The smallest absolute Gasteiger partial charge is 0.275 e. The average molecular weight is 315 g/mol. The largest absolute Gasteiger partial charge is 0.507 e. The molecule has 5 heteroatoms.